The van der Waals surface area contributed by atoms with E-state index in [1.165, 1.54) is 6.20 Å². The Hall–Kier alpha value is -0.675. The fourth-order valence-electron chi connectivity index (χ4n) is 1.37. The van der Waals surface area contributed by atoms with Crippen molar-refractivity contribution in [2.45, 2.75) is 0 Å². The molecular formula is C8H6BCl2NO2. The highest BCUT2D eigenvalue weighted by molar-refractivity contribution is 6.62. The molecule has 0 saturated carbocycles. The van der Waals surface area contributed by atoms with Crippen molar-refractivity contribution in [1.29, 1.82) is 0 Å². The number of hydrogen-bond acceptors (Lipinski definition) is 2. The van der Waals surface area contributed by atoms with Crippen LogP contribution in [0.4, 0.5) is 0 Å². The minimum Gasteiger partial charge on any atom is -0.423 e. The first-order valence-corrected chi connectivity index (χ1v) is 4.68. The fourth-order valence-corrected chi connectivity index (χ4v) is 1.75. The lowest BCUT2D eigenvalue weighted by molar-refractivity contribution is 0.426. The summed E-state index contributed by atoms with van der Waals surface area (Å²) in [6, 6.07) is 3.31. The SMILES string of the molecule is OB(O)c1c[nH]c2c(Cl)c(Cl)ccc12. The Morgan fingerprint density at radius 1 is 1.21 bits per heavy atom. The van der Waals surface area contributed by atoms with Crippen molar-refractivity contribution in [3.05, 3.63) is 28.4 Å². The van der Waals surface area contributed by atoms with E-state index >= 15 is 0 Å². The van der Waals surface area contributed by atoms with E-state index in [-0.39, 0.29) is 0 Å². The van der Waals surface area contributed by atoms with Crippen molar-refractivity contribution in [2.24, 2.45) is 0 Å². The molecule has 6 heteroatoms. The quantitative estimate of drug-likeness (QED) is 0.643. The molecule has 0 aliphatic heterocycles. The van der Waals surface area contributed by atoms with E-state index in [2.05, 4.69) is 4.98 Å². The van der Waals surface area contributed by atoms with Crippen LogP contribution in [0.5, 0.6) is 0 Å². The van der Waals surface area contributed by atoms with Crippen LogP contribution in [0.2, 0.25) is 10.0 Å². The standard InChI is InChI=1S/C8H6BCl2NO2/c10-6-2-1-4-5(9(13)14)3-12-8(4)7(6)11/h1-3,12-14H. The highest BCUT2D eigenvalue weighted by Crippen LogP contribution is 2.28. The zero-order valence-corrected chi connectivity index (χ0v) is 8.47. The topological polar surface area (TPSA) is 56.2 Å². The summed E-state index contributed by atoms with van der Waals surface area (Å²) in [5.74, 6) is 0. The van der Waals surface area contributed by atoms with Crippen molar-refractivity contribution in [3.8, 4) is 0 Å². The molecule has 0 spiro atoms. The highest BCUT2D eigenvalue weighted by atomic mass is 35.5. The summed E-state index contributed by atoms with van der Waals surface area (Å²) < 4.78 is 0. The van der Waals surface area contributed by atoms with Crippen LogP contribution >= 0.6 is 23.2 Å². The van der Waals surface area contributed by atoms with Gasteiger partial charge in [0.25, 0.3) is 0 Å². The van der Waals surface area contributed by atoms with Crippen LogP contribution in [0.1, 0.15) is 0 Å². The molecule has 0 radical (unpaired) electrons. The molecule has 0 saturated heterocycles. The number of aromatic amines is 1. The van der Waals surface area contributed by atoms with Gasteiger partial charge in [-0.1, -0.05) is 29.3 Å². The lowest BCUT2D eigenvalue weighted by atomic mass is 9.80. The Morgan fingerprint density at radius 3 is 2.57 bits per heavy atom. The molecule has 0 fully saturated rings. The summed E-state index contributed by atoms with van der Waals surface area (Å²) in [5, 5.41) is 19.5. The number of rotatable bonds is 1. The molecule has 3 nitrogen and oxygen atoms in total. The van der Waals surface area contributed by atoms with Crippen molar-refractivity contribution < 1.29 is 10.0 Å². The number of benzene rings is 1. The van der Waals surface area contributed by atoms with Crippen molar-refractivity contribution in [2.75, 3.05) is 0 Å². The molecule has 2 aromatic rings. The van der Waals surface area contributed by atoms with Gasteiger partial charge in [-0.3, -0.25) is 0 Å². The molecule has 0 unspecified atom stereocenters. The molecule has 72 valence electrons. The number of H-pyrrole nitrogens is 1. The molecule has 3 N–H and O–H groups in total. The summed E-state index contributed by atoms with van der Waals surface area (Å²) in [6.45, 7) is 0. The summed E-state index contributed by atoms with van der Waals surface area (Å²) >= 11 is 11.7. The summed E-state index contributed by atoms with van der Waals surface area (Å²) in [6.07, 6.45) is 1.50. The average Bonchev–Trinajstić information content (AvgIpc) is 2.55. The van der Waals surface area contributed by atoms with Gasteiger partial charge in [0.05, 0.1) is 15.6 Å². The van der Waals surface area contributed by atoms with Gasteiger partial charge in [0.1, 0.15) is 0 Å². The number of fused-ring (bicyclic) bond motifs is 1. The predicted octanol–water partition coefficient (Wildman–Crippen LogP) is 1.15. The van der Waals surface area contributed by atoms with Crippen molar-refractivity contribution in [3.63, 3.8) is 0 Å². The maximum atomic E-state index is 9.03. The molecule has 14 heavy (non-hydrogen) atoms. The van der Waals surface area contributed by atoms with Crippen LogP contribution < -0.4 is 5.46 Å². The van der Waals surface area contributed by atoms with Gasteiger partial charge >= 0.3 is 7.12 Å². The largest absolute Gasteiger partial charge is 0.490 e. The molecule has 0 atom stereocenters. The smallest absolute Gasteiger partial charge is 0.423 e. The monoisotopic (exact) mass is 229 g/mol. The van der Waals surface area contributed by atoms with Gasteiger partial charge in [-0.15, -0.1) is 0 Å². The molecule has 0 amide bonds. The predicted molar refractivity (Wildman–Crippen MR) is 58.1 cm³/mol. The molecule has 0 bridgehead atoms. The molecule has 1 heterocycles. The number of nitrogens with one attached hydrogen (secondary N) is 1. The van der Waals surface area contributed by atoms with Crippen LogP contribution in [0, 0.1) is 0 Å². The Labute approximate surface area is 90.4 Å². The fraction of sp³-hybridized carbons (Fsp3) is 0. The second kappa shape index (κ2) is 3.48. The van der Waals surface area contributed by atoms with Crippen LogP contribution in [0.25, 0.3) is 10.9 Å². The van der Waals surface area contributed by atoms with Gasteiger partial charge < -0.3 is 15.0 Å². The Bertz CT molecular complexity index is 483. The number of aromatic nitrogens is 1. The average molecular weight is 230 g/mol. The summed E-state index contributed by atoms with van der Waals surface area (Å²) in [4.78, 5) is 2.84. The third kappa shape index (κ3) is 1.40. The van der Waals surface area contributed by atoms with E-state index in [4.69, 9.17) is 33.2 Å². The Kier molecular flexibility index (Phi) is 2.45. The zero-order chi connectivity index (χ0) is 10.3. The second-order valence-corrected chi connectivity index (χ2v) is 3.69. The summed E-state index contributed by atoms with van der Waals surface area (Å²) in [5.41, 5.74) is 1.00. The van der Waals surface area contributed by atoms with Gasteiger partial charge in [0.15, 0.2) is 0 Å². The molecule has 0 aliphatic carbocycles. The van der Waals surface area contributed by atoms with E-state index in [1.54, 1.807) is 12.1 Å². The molecule has 1 aromatic heterocycles. The number of hydrogen-bond donors (Lipinski definition) is 3. The molecule has 2 rings (SSSR count). The van der Waals surface area contributed by atoms with Gasteiger partial charge in [0, 0.05) is 17.0 Å². The third-order valence-corrected chi connectivity index (χ3v) is 2.86. The van der Waals surface area contributed by atoms with Gasteiger partial charge in [-0.25, -0.2) is 0 Å². The van der Waals surface area contributed by atoms with Crippen molar-refractivity contribution in [1.82, 2.24) is 4.98 Å². The van der Waals surface area contributed by atoms with E-state index in [0.717, 1.165) is 0 Å². The van der Waals surface area contributed by atoms with Crippen LogP contribution in [-0.4, -0.2) is 22.2 Å². The lowest BCUT2D eigenvalue weighted by Gasteiger charge is -1.99. The Morgan fingerprint density at radius 2 is 1.93 bits per heavy atom. The normalized spacial score (nSPS) is 10.9. The lowest BCUT2D eigenvalue weighted by Crippen LogP contribution is -2.28. The van der Waals surface area contributed by atoms with Crippen LogP contribution in [-0.2, 0) is 0 Å². The van der Waals surface area contributed by atoms with Gasteiger partial charge in [0.2, 0.25) is 0 Å². The van der Waals surface area contributed by atoms with E-state index in [1.807, 2.05) is 0 Å². The first-order chi connectivity index (χ1) is 6.61. The Balaban J connectivity index is 2.77. The molecule has 0 aliphatic rings. The number of halogens is 2. The van der Waals surface area contributed by atoms with Crippen molar-refractivity contribution >= 4 is 46.7 Å². The second-order valence-electron chi connectivity index (χ2n) is 2.90. The highest BCUT2D eigenvalue weighted by Gasteiger charge is 2.17. The van der Waals surface area contributed by atoms with E-state index < -0.39 is 7.12 Å². The minimum absolute atomic E-state index is 0.385. The third-order valence-electron chi connectivity index (χ3n) is 2.06. The minimum atomic E-state index is -1.51. The van der Waals surface area contributed by atoms with Crippen LogP contribution in [0.15, 0.2) is 18.3 Å². The van der Waals surface area contributed by atoms with Gasteiger partial charge in [-0.2, -0.15) is 0 Å². The van der Waals surface area contributed by atoms with E-state index in [0.29, 0.717) is 26.4 Å². The first kappa shape index (κ1) is 9.86. The zero-order valence-electron chi connectivity index (χ0n) is 6.96. The van der Waals surface area contributed by atoms with E-state index in [9.17, 15) is 0 Å². The maximum Gasteiger partial charge on any atom is 0.490 e. The molecule has 1 aromatic carbocycles. The summed E-state index contributed by atoms with van der Waals surface area (Å²) in [7, 11) is -1.51. The maximum absolute atomic E-state index is 9.03. The molecular weight excluding hydrogens is 224 g/mol. The van der Waals surface area contributed by atoms with Gasteiger partial charge in [-0.05, 0) is 6.07 Å². The first-order valence-electron chi connectivity index (χ1n) is 3.92. The van der Waals surface area contributed by atoms with Crippen LogP contribution in [0.3, 0.4) is 0 Å².